The number of piperidine rings is 1. The molecule has 1 aliphatic rings. The first-order chi connectivity index (χ1) is 9.58. The van der Waals surface area contributed by atoms with Crippen molar-refractivity contribution >= 4 is 17.5 Å². The topological polar surface area (TPSA) is 60.4 Å². The Bertz CT molecular complexity index is 442. The highest BCUT2D eigenvalue weighted by molar-refractivity contribution is 6.28. The van der Waals surface area contributed by atoms with Crippen molar-refractivity contribution < 1.29 is 9.47 Å². The number of hydrogen-bond donors (Lipinski definition) is 0. The van der Waals surface area contributed by atoms with E-state index in [-0.39, 0.29) is 23.5 Å². The average Bonchev–Trinajstić information content (AvgIpc) is 2.38. The number of hydrogen-bond acceptors (Lipinski definition) is 6. The molecule has 0 bridgehead atoms. The van der Waals surface area contributed by atoms with Crippen molar-refractivity contribution in [2.24, 2.45) is 0 Å². The number of halogens is 1. The summed E-state index contributed by atoms with van der Waals surface area (Å²) >= 11 is 5.95. The van der Waals surface area contributed by atoms with Crippen molar-refractivity contribution in [1.82, 2.24) is 15.0 Å². The highest BCUT2D eigenvalue weighted by Crippen LogP contribution is 2.21. The van der Waals surface area contributed by atoms with E-state index in [9.17, 15) is 0 Å². The summed E-state index contributed by atoms with van der Waals surface area (Å²) in [6, 6.07) is 0.272. The van der Waals surface area contributed by atoms with Gasteiger partial charge in [0.15, 0.2) is 0 Å². The Morgan fingerprint density at radius 3 is 2.85 bits per heavy atom. The summed E-state index contributed by atoms with van der Waals surface area (Å²) in [6.45, 7) is 8.23. The molecule has 20 heavy (non-hydrogen) atoms. The van der Waals surface area contributed by atoms with Crippen LogP contribution in [0.15, 0.2) is 0 Å². The minimum Gasteiger partial charge on any atom is -0.461 e. The molecule has 1 aromatic heterocycles. The van der Waals surface area contributed by atoms with Gasteiger partial charge in [-0.3, -0.25) is 0 Å². The van der Waals surface area contributed by atoms with E-state index in [0.29, 0.717) is 5.95 Å². The molecule has 0 amide bonds. The summed E-state index contributed by atoms with van der Waals surface area (Å²) in [4.78, 5) is 14.6. The molecule has 1 atom stereocenters. The molecule has 1 aliphatic heterocycles. The molecule has 0 radical (unpaired) electrons. The lowest BCUT2D eigenvalue weighted by atomic mass is 10.1. The predicted molar refractivity (Wildman–Crippen MR) is 77.5 cm³/mol. The van der Waals surface area contributed by atoms with Crippen molar-refractivity contribution in [3.05, 3.63) is 5.28 Å². The van der Waals surface area contributed by atoms with Crippen LogP contribution in [0.25, 0.3) is 0 Å². The summed E-state index contributed by atoms with van der Waals surface area (Å²) in [7, 11) is 0. The lowest BCUT2D eigenvalue weighted by Crippen LogP contribution is -2.40. The molecule has 1 saturated heterocycles. The number of ether oxygens (including phenoxy) is 2. The minimum absolute atomic E-state index is 0.00107. The fourth-order valence-electron chi connectivity index (χ4n) is 2.22. The monoisotopic (exact) mass is 300 g/mol. The first-order valence-electron chi connectivity index (χ1n) is 7.03. The Morgan fingerprint density at radius 1 is 1.35 bits per heavy atom. The fourth-order valence-corrected chi connectivity index (χ4v) is 2.37. The molecular weight excluding hydrogens is 280 g/mol. The lowest BCUT2D eigenvalue weighted by Gasteiger charge is -2.32. The lowest BCUT2D eigenvalue weighted by molar-refractivity contribution is 0.0523. The largest absolute Gasteiger partial charge is 0.461 e. The van der Waals surface area contributed by atoms with Gasteiger partial charge in [-0.25, -0.2) is 0 Å². The van der Waals surface area contributed by atoms with Crippen molar-refractivity contribution in [1.29, 1.82) is 0 Å². The molecule has 1 fully saturated rings. The maximum Gasteiger partial charge on any atom is 0.322 e. The quantitative estimate of drug-likeness (QED) is 0.831. The van der Waals surface area contributed by atoms with Gasteiger partial charge in [0.05, 0.1) is 12.2 Å². The number of aromatic nitrogens is 3. The Balaban J connectivity index is 2.12. The third-order valence-electron chi connectivity index (χ3n) is 2.98. The predicted octanol–water partition coefficient (Wildman–Crippen LogP) is 2.32. The molecule has 1 aromatic rings. The van der Waals surface area contributed by atoms with E-state index in [0.717, 1.165) is 32.5 Å². The van der Waals surface area contributed by atoms with E-state index in [4.69, 9.17) is 21.1 Å². The Kier molecular flexibility index (Phi) is 5.37. The van der Waals surface area contributed by atoms with E-state index in [1.807, 2.05) is 20.8 Å². The summed E-state index contributed by atoms with van der Waals surface area (Å²) < 4.78 is 11.2. The molecule has 2 heterocycles. The normalized spacial score (nSPS) is 19.4. The highest BCUT2D eigenvalue weighted by Gasteiger charge is 2.23. The molecular formula is C13H21ClN4O2. The van der Waals surface area contributed by atoms with E-state index < -0.39 is 0 Å². The van der Waals surface area contributed by atoms with Crippen LogP contribution in [-0.2, 0) is 4.74 Å². The molecule has 0 N–H and O–H groups in total. The maximum absolute atomic E-state index is 5.95. The number of nitrogens with zero attached hydrogens (tertiary/aromatic N) is 4. The Morgan fingerprint density at radius 2 is 2.15 bits per heavy atom. The van der Waals surface area contributed by atoms with Crippen molar-refractivity contribution in [2.75, 3.05) is 24.6 Å². The van der Waals surface area contributed by atoms with Gasteiger partial charge in [-0.1, -0.05) is 0 Å². The summed E-state index contributed by atoms with van der Waals surface area (Å²) in [5, 5.41) is 0.157. The molecule has 6 nitrogen and oxygen atoms in total. The summed E-state index contributed by atoms with van der Waals surface area (Å²) in [5.74, 6) is 0.560. The zero-order chi connectivity index (χ0) is 14.5. The Hall–Kier alpha value is -1.14. The molecule has 112 valence electrons. The fraction of sp³-hybridized carbons (Fsp3) is 0.769. The standard InChI is InChI=1S/C13H21ClN4O2/c1-4-19-10-6-5-7-18(8-10)12-15-11(14)16-13(17-12)20-9(2)3/h9-10H,4-8H2,1-3H3. The van der Waals surface area contributed by atoms with Crippen LogP contribution in [0.4, 0.5) is 5.95 Å². The van der Waals surface area contributed by atoms with Gasteiger partial charge in [-0.2, -0.15) is 15.0 Å². The molecule has 2 rings (SSSR count). The second kappa shape index (κ2) is 7.04. The molecule has 0 aliphatic carbocycles. The van der Waals surface area contributed by atoms with Gasteiger partial charge in [-0.05, 0) is 45.2 Å². The van der Waals surface area contributed by atoms with Crippen molar-refractivity contribution in [3.63, 3.8) is 0 Å². The maximum atomic E-state index is 5.95. The summed E-state index contributed by atoms with van der Waals surface area (Å²) in [5.41, 5.74) is 0. The van der Waals surface area contributed by atoms with Gasteiger partial charge < -0.3 is 14.4 Å². The zero-order valence-electron chi connectivity index (χ0n) is 12.2. The van der Waals surface area contributed by atoms with Gasteiger partial charge in [0.2, 0.25) is 11.2 Å². The van der Waals surface area contributed by atoms with E-state index in [1.54, 1.807) is 0 Å². The van der Waals surface area contributed by atoms with Crippen molar-refractivity contribution in [3.8, 4) is 6.01 Å². The smallest absolute Gasteiger partial charge is 0.322 e. The van der Waals surface area contributed by atoms with Gasteiger partial charge >= 0.3 is 6.01 Å². The van der Waals surface area contributed by atoms with Crippen molar-refractivity contribution in [2.45, 2.75) is 45.8 Å². The first-order valence-corrected chi connectivity index (χ1v) is 7.41. The van der Waals surface area contributed by atoms with Crippen LogP contribution in [0.5, 0.6) is 6.01 Å². The molecule has 0 aromatic carbocycles. The van der Waals surface area contributed by atoms with Crippen LogP contribution in [0.3, 0.4) is 0 Å². The van der Waals surface area contributed by atoms with Crippen LogP contribution in [0, 0.1) is 0 Å². The highest BCUT2D eigenvalue weighted by atomic mass is 35.5. The third kappa shape index (κ3) is 4.18. The van der Waals surface area contributed by atoms with Gasteiger partial charge in [0, 0.05) is 19.7 Å². The first kappa shape index (κ1) is 15.3. The summed E-state index contributed by atoms with van der Waals surface area (Å²) in [6.07, 6.45) is 2.34. The van der Waals surface area contributed by atoms with Crippen LogP contribution >= 0.6 is 11.6 Å². The number of anilines is 1. The van der Waals surface area contributed by atoms with Crippen LogP contribution < -0.4 is 9.64 Å². The van der Waals surface area contributed by atoms with E-state index >= 15 is 0 Å². The third-order valence-corrected chi connectivity index (χ3v) is 3.15. The van der Waals surface area contributed by atoms with Gasteiger partial charge in [-0.15, -0.1) is 0 Å². The van der Waals surface area contributed by atoms with E-state index in [1.165, 1.54) is 0 Å². The Labute approximate surface area is 124 Å². The molecule has 7 heteroatoms. The molecule has 0 spiro atoms. The second-order valence-corrected chi connectivity index (χ2v) is 5.36. The average molecular weight is 301 g/mol. The van der Waals surface area contributed by atoms with Crippen LogP contribution in [-0.4, -0.2) is 46.9 Å². The SMILES string of the molecule is CCOC1CCCN(c2nc(Cl)nc(OC(C)C)n2)C1. The van der Waals surface area contributed by atoms with Crippen LogP contribution in [0.1, 0.15) is 33.6 Å². The van der Waals surface area contributed by atoms with E-state index in [2.05, 4.69) is 19.9 Å². The minimum atomic E-state index is -0.00107. The van der Waals surface area contributed by atoms with Crippen LogP contribution in [0.2, 0.25) is 5.28 Å². The van der Waals surface area contributed by atoms with Gasteiger partial charge in [0.1, 0.15) is 0 Å². The molecule has 0 saturated carbocycles. The number of rotatable bonds is 5. The zero-order valence-corrected chi connectivity index (χ0v) is 12.9. The molecule has 1 unspecified atom stereocenters. The second-order valence-electron chi connectivity index (χ2n) is 5.02. The van der Waals surface area contributed by atoms with Gasteiger partial charge in [0.25, 0.3) is 0 Å².